The fourth-order valence-electron chi connectivity index (χ4n) is 4.05. The maximum atomic E-state index is 12.1. The molecule has 0 spiro atoms. The van der Waals surface area contributed by atoms with E-state index in [4.69, 9.17) is 9.47 Å². The van der Waals surface area contributed by atoms with Crippen molar-refractivity contribution in [3.05, 3.63) is 72.6 Å². The van der Waals surface area contributed by atoms with Crippen LogP contribution in [0.25, 0.3) is 11.3 Å². The fraction of sp³-hybridized carbons (Fsp3) is 0.370. The molecule has 3 heterocycles. The van der Waals surface area contributed by atoms with Crippen LogP contribution in [0.15, 0.2) is 67.0 Å². The van der Waals surface area contributed by atoms with E-state index in [9.17, 15) is 4.79 Å². The van der Waals surface area contributed by atoms with Gasteiger partial charge in [0.15, 0.2) is 0 Å². The molecule has 0 radical (unpaired) electrons. The topological polar surface area (TPSA) is 79.8 Å². The van der Waals surface area contributed by atoms with Crippen molar-refractivity contribution in [3.8, 4) is 17.0 Å². The molecule has 1 aliphatic rings. The molecular weight excluding hydrogens is 442 g/mol. The normalized spacial score (nSPS) is 14.0. The Bertz CT molecular complexity index is 1050. The molecule has 0 saturated carbocycles. The van der Waals surface area contributed by atoms with Gasteiger partial charge in [0, 0.05) is 63.6 Å². The molecule has 0 unspecified atom stereocenters. The van der Waals surface area contributed by atoms with Gasteiger partial charge in [-0.15, -0.1) is 0 Å². The highest BCUT2D eigenvalue weighted by Crippen LogP contribution is 2.27. The third kappa shape index (κ3) is 7.24. The number of methoxy groups -OCH3 is 1. The van der Waals surface area contributed by atoms with Gasteiger partial charge in [-0.1, -0.05) is 18.2 Å². The number of pyridine rings is 2. The number of benzene rings is 1. The van der Waals surface area contributed by atoms with Gasteiger partial charge >= 0.3 is 0 Å². The Morgan fingerprint density at radius 3 is 2.49 bits per heavy atom. The first kappa shape index (κ1) is 24.6. The van der Waals surface area contributed by atoms with Gasteiger partial charge in [-0.2, -0.15) is 0 Å². The molecule has 1 aliphatic heterocycles. The molecule has 184 valence electrons. The molecule has 1 amide bonds. The van der Waals surface area contributed by atoms with Crippen LogP contribution in [0.3, 0.4) is 0 Å². The molecule has 0 atom stereocenters. The first-order valence-electron chi connectivity index (χ1n) is 12.0. The molecule has 8 nitrogen and oxygen atoms in total. The summed E-state index contributed by atoms with van der Waals surface area (Å²) in [5.74, 6) is 1.79. The van der Waals surface area contributed by atoms with E-state index in [0.29, 0.717) is 26.2 Å². The van der Waals surface area contributed by atoms with Crippen molar-refractivity contribution in [1.29, 1.82) is 0 Å². The van der Waals surface area contributed by atoms with E-state index in [1.54, 1.807) is 7.11 Å². The predicted molar refractivity (Wildman–Crippen MR) is 136 cm³/mol. The van der Waals surface area contributed by atoms with Crippen LogP contribution >= 0.6 is 0 Å². The van der Waals surface area contributed by atoms with Crippen LogP contribution in [0.2, 0.25) is 0 Å². The Hall–Kier alpha value is -3.49. The number of nitrogens with one attached hydrogen (secondary N) is 1. The van der Waals surface area contributed by atoms with E-state index in [0.717, 1.165) is 61.1 Å². The van der Waals surface area contributed by atoms with Crippen molar-refractivity contribution < 1.29 is 14.3 Å². The predicted octanol–water partition coefficient (Wildman–Crippen LogP) is 3.00. The zero-order chi connectivity index (χ0) is 24.3. The molecule has 0 bridgehead atoms. The van der Waals surface area contributed by atoms with Crippen molar-refractivity contribution in [3.63, 3.8) is 0 Å². The lowest BCUT2D eigenvalue weighted by Crippen LogP contribution is -2.47. The Kier molecular flexibility index (Phi) is 9.03. The largest absolute Gasteiger partial charge is 0.497 e. The van der Waals surface area contributed by atoms with Crippen LogP contribution < -0.4 is 15.0 Å². The Morgan fingerprint density at radius 1 is 0.943 bits per heavy atom. The number of hydrogen-bond donors (Lipinski definition) is 1. The molecule has 1 saturated heterocycles. The smallest absolute Gasteiger partial charge is 0.222 e. The number of piperazine rings is 1. The van der Waals surface area contributed by atoms with Crippen molar-refractivity contribution in [1.82, 2.24) is 20.2 Å². The van der Waals surface area contributed by atoms with E-state index in [1.807, 2.05) is 60.9 Å². The highest BCUT2D eigenvalue weighted by Gasteiger charge is 2.20. The van der Waals surface area contributed by atoms with Gasteiger partial charge in [0.25, 0.3) is 0 Å². The zero-order valence-corrected chi connectivity index (χ0v) is 20.2. The summed E-state index contributed by atoms with van der Waals surface area (Å²) in [5, 5.41) is 2.93. The molecular formula is C27H33N5O3. The minimum Gasteiger partial charge on any atom is -0.497 e. The molecule has 2 aromatic heterocycles. The monoisotopic (exact) mass is 475 g/mol. The summed E-state index contributed by atoms with van der Waals surface area (Å²) in [6, 6.07) is 17.7. The van der Waals surface area contributed by atoms with Crippen LogP contribution in [0.5, 0.6) is 5.75 Å². The third-order valence-corrected chi connectivity index (χ3v) is 6.07. The minimum atomic E-state index is -0.00602. The zero-order valence-electron chi connectivity index (χ0n) is 20.2. The van der Waals surface area contributed by atoms with Gasteiger partial charge in [0.1, 0.15) is 11.6 Å². The number of hydrogen-bond acceptors (Lipinski definition) is 7. The Labute approximate surface area is 206 Å². The molecule has 8 heteroatoms. The van der Waals surface area contributed by atoms with Crippen LogP contribution in [0.1, 0.15) is 12.0 Å². The molecule has 1 aromatic carbocycles. The van der Waals surface area contributed by atoms with Crippen molar-refractivity contribution in [2.45, 2.75) is 13.0 Å². The van der Waals surface area contributed by atoms with Crippen molar-refractivity contribution >= 4 is 11.7 Å². The summed E-state index contributed by atoms with van der Waals surface area (Å²) >= 11 is 0. The van der Waals surface area contributed by atoms with E-state index in [-0.39, 0.29) is 5.91 Å². The highest BCUT2D eigenvalue weighted by molar-refractivity contribution is 5.76. The summed E-state index contributed by atoms with van der Waals surface area (Å²) in [5.41, 5.74) is 3.05. The fourth-order valence-corrected chi connectivity index (χ4v) is 4.05. The SMILES string of the molecule is COc1ccc(CNC(=O)CCOCCN2CCN(c3ncccc3-c3ccccn3)CC2)cc1. The van der Waals surface area contributed by atoms with E-state index in [2.05, 4.69) is 31.2 Å². The highest BCUT2D eigenvalue weighted by atomic mass is 16.5. The number of amides is 1. The lowest BCUT2D eigenvalue weighted by atomic mass is 10.1. The number of rotatable bonds is 11. The standard InChI is InChI=1S/C27H33N5O3/c1-34-23-9-7-22(8-10-23)21-30-26(33)11-19-35-20-18-31-14-16-32(17-15-31)27-24(5-4-13-29-27)25-6-2-3-12-28-25/h2-10,12-13H,11,14-21H2,1H3,(H,30,33). The van der Waals surface area contributed by atoms with Crippen LogP contribution in [-0.4, -0.2) is 73.8 Å². The number of aromatic nitrogens is 2. The van der Waals surface area contributed by atoms with Crippen molar-refractivity contribution in [2.24, 2.45) is 0 Å². The Morgan fingerprint density at radius 2 is 1.74 bits per heavy atom. The van der Waals surface area contributed by atoms with Crippen LogP contribution in [-0.2, 0) is 16.1 Å². The molecule has 4 rings (SSSR count). The van der Waals surface area contributed by atoms with E-state index in [1.165, 1.54) is 0 Å². The summed E-state index contributed by atoms with van der Waals surface area (Å²) < 4.78 is 10.9. The van der Waals surface area contributed by atoms with Gasteiger partial charge in [-0.25, -0.2) is 4.98 Å². The maximum absolute atomic E-state index is 12.1. The second-order valence-electron chi connectivity index (χ2n) is 8.41. The summed E-state index contributed by atoms with van der Waals surface area (Å²) in [6.07, 6.45) is 4.02. The van der Waals surface area contributed by atoms with E-state index < -0.39 is 0 Å². The Balaban J connectivity index is 1.12. The molecule has 1 fully saturated rings. The average Bonchev–Trinajstić information content (AvgIpc) is 2.93. The number of nitrogens with zero attached hydrogens (tertiary/aromatic N) is 4. The van der Waals surface area contributed by atoms with Gasteiger partial charge < -0.3 is 19.7 Å². The number of anilines is 1. The van der Waals surface area contributed by atoms with Crippen molar-refractivity contribution in [2.75, 3.05) is 57.9 Å². The maximum Gasteiger partial charge on any atom is 0.222 e. The second kappa shape index (κ2) is 12.8. The number of carbonyl (C=O) groups excluding carboxylic acids is 1. The first-order chi connectivity index (χ1) is 17.2. The molecule has 1 N–H and O–H groups in total. The van der Waals surface area contributed by atoms with E-state index >= 15 is 0 Å². The van der Waals surface area contributed by atoms with Gasteiger partial charge in [-0.05, 0) is 42.0 Å². The molecule has 35 heavy (non-hydrogen) atoms. The van der Waals surface area contributed by atoms with Crippen LogP contribution in [0, 0.1) is 0 Å². The lowest BCUT2D eigenvalue weighted by molar-refractivity contribution is -0.122. The quantitative estimate of drug-likeness (QED) is 0.427. The summed E-state index contributed by atoms with van der Waals surface area (Å²) in [6.45, 7) is 6.12. The summed E-state index contributed by atoms with van der Waals surface area (Å²) in [7, 11) is 1.64. The van der Waals surface area contributed by atoms with Gasteiger partial charge in [0.05, 0.1) is 26.0 Å². The lowest BCUT2D eigenvalue weighted by Gasteiger charge is -2.36. The third-order valence-electron chi connectivity index (χ3n) is 6.07. The van der Waals surface area contributed by atoms with Crippen LogP contribution in [0.4, 0.5) is 5.82 Å². The van der Waals surface area contributed by atoms with Gasteiger partial charge in [-0.3, -0.25) is 14.7 Å². The minimum absolute atomic E-state index is 0.00602. The number of carbonyl (C=O) groups is 1. The average molecular weight is 476 g/mol. The second-order valence-corrected chi connectivity index (χ2v) is 8.41. The molecule has 0 aliphatic carbocycles. The summed E-state index contributed by atoms with van der Waals surface area (Å²) in [4.78, 5) is 25.9. The molecule has 3 aromatic rings. The number of ether oxygens (including phenoxy) is 2. The van der Waals surface area contributed by atoms with Gasteiger partial charge in [0.2, 0.25) is 5.91 Å². The first-order valence-corrected chi connectivity index (χ1v) is 12.0.